The summed E-state index contributed by atoms with van der Waals surface area (Å²) in [5.41, 5.74) is 9.59. The van der Waals surface area contributed by atoms with Gasteiger partial charge in [-0.3, -0.25) is 9.59 Å². The number of benzene rings is 2. The second-order valence-electron chi connectivity index (χ2n) is 14.0. The Labute approximate surface area is 304 Å². The molecule has 3 aliphatic rings. The lowest BCUT2D eigenvalue weighted by molar-refractivity contribution is -0.668. The van der Waals surface area contributed by atoms with E-state index in [1.165, 1.54) is 11.6 Å². The smallest absolute Gasteiger partial charge is 0.338 e. The van der Waals surface area contributed by atoms with Gasteiger partial charge in [0, 0.05) is 57.8 Å². The van der Waals surface area contributed by atoms with Gasteiger partial charge in [0.05, 0.1) is 18.7 Å². The molecule has 0 aromatic heterocycles. The summed E-state index contributed by atoms with van der Waals surface area (Å²) in [6.07, 6.45) is 14.9. The summed E-state index contributed by atoms with van der Waals surface area (Å²) in [7, 11) is 0. The zero-order valence-electron chi connectivity index (χ0n) is 31.4. The second-order valence-corrected chi connectivity index (χ2v) is 14.0. The molecule has 0 radical (unpaired) electrons. The maximum atomic E-state index is 13.6. The number of ketones is 2. The first-order valence-electron chi connectivity index (χ1n) is 18.9. The zero-order valence-corrected chi connectivity index (χ0v) is 31.4. The lowest BCUT2D eigenvalue weighted by Crippen LogP contribution is -2.89. The van der Waals surface area contributed by atoms with Crippen molar-refractivity contribution in [3.63, 3.8) is 0 Å². The first-order chi connectivity index (χ1) is 24.6. The molecular weight excluding hydrogens is 636 g/mol. The van der Waals surface area contributed by atoms with E-state index in [0.717, 1.165) is 109 Å². The van der Waals surface area contributed by atoms with Crippen LogP contribution in [-0.4, -0.2) is 43.3 Å². The standard InChI is InChI=1S/C44H54N2O5/c1-7-45-37-26-40-35(23-28(37)3)42(36-24-29(4)38(46-8-2)27-41(36)51-40)33-20-16-17-21-34(33)44(49)50-22-18-14-12-10-9-11-13-15-19-32-25-39(47)30(5)31(6)43(32)48/h16-17,20-21,23-27,37,45-46H,7-15,18-19,22H2,1-6H3/p+1. The molecule has 5 rings (SSSR count). The minimum atomic E-state index is -0.305. The van der Waals surface area contributed by atoms with Crippen LogP contribution in [0, 0.1) is 6.92 Å². The molecule has 2 aromatic rings. The molecule has 2 aliphatic carbocycles. The van der Waals surface area contributed by atoms with E-state index in [0.29, 0.717) is 35.3 Å². The number of carbonyl (C=O) groups excluding carboxylic acids is 3. The van der Waals surface area contributed by atoms with E-state index >= 15 is 0 Å². The van der Waals surface area contributed by atoms with E-state index < -0.39 is 0 Å². The Bertz CT molecular complexity index is 1820. The zero-order chi connectivity index (χ0) is 36.5. The molecule has 7 nitrogen and oxygen atoms in total. The second kappa shape index (κ2) is 17.6. The Balaban J connectivity index is 1.17. The van der Waals surface area contributed by atoms with E-state index in [2.05, 4.69) is 62.6 Å². The highest BCUT2D eigenvalue weighted by Gasteiger charge is 2.32. The van der Waals surface area contributed by atoms with Gasteiger partial charge in [0.1, 0.15) is 17.6 Å². The van der Waals surface area contributed by atoms with Crippen molar-refractivity contribution < 1.29 is 29.2 Å². The summed E-state index contributed by atoms with van der Waals surface area (Å²) >= 11 is 0. The van der Waals surface area contributed by atoms with Crippen LogP contribution in [0.25, 0.3) is 5.57 Å². The number of quaternary nitrogens is 1. The van der Waals surface area contributed by atoms with Gasteiger partial charge in [-0.2, -0.15) is 0 Å². The molecule has 2 aromatic carbocycles. The molecule has 51 heavy (non-hydrogen) atoms. The van der Waals surface area contributed by atoms with Gasteiger partial charge in [0.2, 0.25) is 0 Å². The van der Waals surface area contributed by atoms with E-state index in [9.17, 15) is 14.4 Å². The molecular formula is C44H55N2O5+. The summed E-state index contributed by atoms with van der Waals surface area (Å²) in [5, 5.41) is 5.75. The lowest BCUT2D eigenvalue weighted by Gasteiger charge is -2.30. The Kier molecular flexibility index (Phi) is 13.1. The predicted molar refractivity (Wildman–Crippen MR) is 205 cm³/mol. The van der Waals surface area contributed by atoms with Crippen molar-refractivity contribution in [2.45, 2.75) is 105 Å². The largest absolute Gasteiger partial charge is 0.462 e. The third-order valence-electron chi connectivity index (χ3n) is 10.3. The minimum Gasteiger partial charge on any atom is -0.462 e. The number of hydrogen-bond donors (Lipinski definition) is 2. The van der Waals surface area contributed by atoms with Gasteiger partial charge in [-0.05, 0) is 102 Å². The molecule has 270 valence electrons. The fraction of sp³-hybridized carbons (Fsp3) is 0.432. The SMILES string of the molecule is CCNc1cc2c(cc1C)C(c1ccccc1C(=O)OCCCCCCCCCCC1=CC(=O)C(C)=C(C)C1=O)=C1C=C(C)C([NH2+]CC)C=C1O2. The molecule has 1 atom stereocenters. The van der Waals surface area contributed by atoms with Crippen LogP contribution in [0.3, 0.4) is 0 Å². The van der Waals surface area contributed by atoms with Crippen LogP contribution < -0.4 is 15.4 Å². The van der Waals surface area contributed by atoms with Gasteiger partial charge in [-0.25, -0.2) is 4.79 Å². The summed E-state index contributed by atoms with van der Waals surface area (Å²) in [4.78, 5) is 38.1. The third kappa shape index (κ3) is 8.88. The number of anilines is 1. The van der Waals surface area contributed by atoms with Crippen LogP contribution in [0.4, 0.5) is 5.69 Å². The van der Waals surface area contributed by atoms with Crippen LogP contribution in [0.5, 0.6) is 5.75 Å². The Hall–Kier alpha value is -4.49. The van der Waals surface area contributed by atoms with Crippen LogP contribution >= 0.6 is 0 Å². The number of likely N-dealkylation sites (N-methyl/N-ethyl adjacent to an activating group) is 1. The van der Waals surface area contributed by atoms with Crippen LogP contribution in [0.15, 0.2) is 88.3 Å². The average molecular weight is 692 g/mol. The number of unbranched alkanes of at least 4 members (excludes halogenated alkanes) is 7. The topological polar surface area (TPSA) is 98.3 Å². The molecule has 0 bridgehead atoms. The van der Waals surface area contributed by atoms with Crippen molar-refractivity contribution in [1.29, 1.82) is 0 Å². The number of esters is 1. The molecule has 0 fully saturated rings. The molecule has 1 unspecified atom stereocenters. The number of allylic oxidation sites excluding steroid dienone is 5. The lowest BCUT2D eigenvalue weighted by atomic mass is 9.83. The van der Waals surface area contributed by atoms with Gasteiger partial charge in [0.15, 0.2) is 11.6 Å². The van der Waals surface area contributed by atoms with E-state index in [1.54, 1.807) is 13.8 Å². The molecule has 3 N–H and O–H groups in total. The van der Waals surface area contributed by atoms with Crippen molar-refractivity contribution in [1.82, 2.24) is 0 Å². The molecule has 1 aliphatic heterocycles. The number of nitrogens with two attached hydrogens (primary N) is 1. The first-order valence-corrected chi connectivity index (χ1v) is 18.9. The number of aryl methyl sites for hydroxylation is 1. The number of ether oxygens (including phenoxy) is 2. The first kappa shape index (κ1) is 37.8. The molecule has 0 saturated heterocycles. The summed E-state index contributed by atoms with van der Waals surface area (Å²) < 4.78 is 12.5. The van der Waals surface area contributed by atoms with Crippen LogP contribution in [0.2, 0.25) is 0 Å². The maximum absolute atomic E-state index is 13.6. The molecule has 0 saturated carbocycles. The highest BCUT2D eigenvalue weighted by atomic mass is 16.5. The fourth-order valence-electron chi connectivity index (χ4n) is 7.19. The highest BCUT2D eigenvalue weighted by molar-refractivity contribution is 6.22. The van der Waals surface area contributed by atoms with Crippen molar-refractivity contribution in [3.05, 3.63) is 111 Å². The monoisotopic (exact) mass is 691 g/mol. The molecule has 0 amide bonds. The Morgan fingerprint density at radius 2 is 1.57 bits per heavy atom. The summed E-state index contributed by atoms with van der Waals surface area (Å²) in [6, 6.07) is 12.2. The van der Waals surface area contributed by atoms with Crippen molar-refractivity contribution >= 4 is 28.8 Å². The molecule has 7 heteroatoms. The van der Waals surface area contributed by atoms with Gasteiger partial charge >= 0.3 is 5.97 Å². The number of Topliss-reactive ketones (excluding diaryl/α,β-unsaturated/α-hetero) is 1. The molecule has 1 heterocycles. The van der Waals surface area contributed by atoms with E-state index in [-0.39, 0.29) is 23.6 Å². The van der Waals surface area contributed by atoms with Gasteiger partial charge in [0.25, 0.3) is 0 Å². The minimum absolute atomic E-state index is 0.0266. The highest BCUT2D eigenvalue weighted by Crippen LogP contribution is 2.46. The summed E-state index contributed by atoms with van der Waals surface area (Å²) in [6.45, 7) is 14.1. The van der Waals surface area contributed by atoms with Crippen molar-refractivity contribution in [2.75, 3.05) is 25.0 Å². The number of hydrogen-bond acceptors (Lipinski definition) is 6. The van der Waals surface area contributed by atoms with Crippen LogP contribution in [-0.2, 0) is 14.3 Å². The van der Waals surface area contributed by atoms with E-state index in [1.807, 2.05) is 24.3 Å². The predicted octanol–water partition coefficient (Wildman–Crippen LogP) is 8.50. The van der Waals surface area contributed by atoms with E-state index in [4.69, 9.17) is 9.47 Å². The maximum Gasteiger partial charge on any atom is 0.338 e. The van der Waals surface area contributed by atoms with Crippen LogP contribution in [0.1, 0.15) is 119 Å². The number of fused-ring (bicyclic) bond motifs is 2. The third-order valence-corrected chi connectivity index (χ3v) is 10.3. The van der Waals surface area contributed by atoms with Crippen molar-refractivity contribution in [2.24, 2.45) is 0 Å². The Morgan fingerprint density at radius 1 is 0.863 bits per heavy atom. The summed E-state index contributed by atoms with van der Waals surface area (Å²) in [5.74, 6) is 1.29. The number of carbonyl (C=O) groups is 3. The van der Waals surface area contributed by atoms with Crippen molar-refractivity contribution in [3.8, 4) is 5.75 Å². The number of rotatable bonds is 17. The van der Waals surface area contributed by atoms with Gasteiger partial charge in [-0.1, -0.05) is 56.7 Å². The average Bonchev–Trinajstić information content (AvgIpc) is 3.12. The quantitative estimate of drug-likeness (QED) is 0.0981. The van der Waals surface area contributed by atoms with Gasteiger partial charge < -0.3 is 20.1 Å². The van der Waals surface area contributed by atoms with Gasteiger partial charge in [-0.15, -0.1) is 0 Å². The normalized spacial score (nSPS) is 17.0. The molecule has 0 spiro atoms. The Morgan fingerprint density at radius 3 is 2.29 bits per heavy atom. The number of nitrogens with one attached hydrogen (secondary N) is 1. The fourth-order valence-corrected chi connectivity index (χ4v) is 7.19.